The lowest BCUT2D eigenvalue weighted by molar-refractivity contribution is -0.667. The zero-order chi connectivity index (χ0) is 29.5. The highest BCUT2D eigenvalue weighted by Gasteiger charge is 2.28. The van der Waals surface area contributed by atoms with Crippen molar-refractivity contribution in [2.75, 3.05) is 23.0 Å². The lowest BCUT2D eigenvalue weighted by Gasteiger charge is -2.20. The number of aryl methyl sites for hydroxylation is 3. The number of allylic oxidation sites excluding steroid dienone is 2. The molecule has 41 heavy (non-hydrogen) atoms. The van der Waals surface area contributed by atoms with E-state index < -0.39 is 31.7 Å². The number of hydrogen-bond donors (Lipinski definition) is 0. The highest BCUT2D eigenvalue weighted by Crippen LogP contribution is 2.41. The van der Waals surface area contributed by atoms with Crippen LogP contribution >= 0.6 is 11.3 Å². The largest absolute Gasteiger partial charge is 0.748 e. The molecule has 0 aliphatic carbocycles. The number of hydrogen-bond acceptors (Lipinski definition) is 10. The van der Waals surface area contributed by atoms with Gasteiger partial charge in [0, 0.05) is 30.9 Å². The Balaban J connectivity index is 1.58. The van der Waals surface area contributed by atoms with Crippen molar-refractivity contribution in [2.45, 2.75) is 40.2 Å². The van der Waals surface area contributed by atoms with Crippen LogP contribution in [0.25, 0.3) is 27.3 Å². The topological polar surface area (TPSA) is 144 Å². The second-order valence-electron chi connectivity index (χ2n) is 9.93. The van der Waals surface area contributed by atoms with Crippen LogP contribution in [0, 0.1) is 13.8 Å². The van der Waals surface area contributed by atoms with Crippen LogP contribution in [0.1, 0.15) is 35.9 Å². The second-order valence-corrected chi connectivity index (χ2v) is 14.0. The van der Waals surface area contributed by atoms with Crippen molar-refractivity contribution in [3.8, 4) is 5.75 Å². The van der Waals surface area contributed by atoms with Gasteiger partial charge in [-0.1, -0.05) is 18.3 Å². The minimum atomic E-state index is -4.45. The highest BCUT2D eigenvalue weighted by molar-refractivity contribution is 7.85. The average molecular weight is 618 g/mol. The normalized spacial score (nSPS) is 15.3. The molecule has 0 radical (unpaired) electrons. The van der Waals surface area contributed by atoms with Crippen LogP contribution in [0.3, 0.4) is 0 Å². The van der Waals surface area contributed by atoms with Gasteiger partial charge in [0.25, 0.3) is 5.01 Å². The molecule has 0 bridgehead atoms. The third kappa shape index (κ3) is 6.49. The Morgan fingerprint density at radius 2 is 1.78 bits per heavy atom. The summed E-state index contributed by atoms with van der Waals surface area (Å²) in [5, 5.41) is 1.71. The second kappa shape index (κ2) is 11.2. The molecule has 2 aromatic carbocycles. The lowest BCUT2D eigenvalue weighted by atomic mass is 10.1. The van der Waals surface area contributed by atoms with E-state index in [1.165, 1.54) is 11.3 Å². The average Bonchev–Trinajstić information content (AvgIpc) is 3.57. The van der Waals surface area contributed by atoms with Crippen molar-refractivity contribution in [1.82, 2.24) is 0 Å². The zero-order valence-corrected chi connectivity index (χ0v) is 25.2. The van der Waals surface area contributed by atoms with Crippen molar-refractivity contribution in [3.05, 3.63) is 70.3 Å². The number of furan rings is 1. The van der Waals surface area contributed by atoms with Crippen molar-refractivity contribution >= 4 is 64.5 Å². The maximum atomic E-state index is 11.5. The molecule has 0 N–H and O–H groups in total. The Kier molecular flexibility index (Phi) is 8.01. The van der Waals surface area contributed by atoms with Gasteiger partial charge >= 0.3 is 0 Å². The zero-order valence-electron chi connectivity index (χ0n) is 22.7. The van der Waals surface area contributed by atoms with E-state index in [2.05, 4.69) is 0 Å². The molecule has 0 spiro atoms. The first-order valence-corrected chi connectivity index (χ1v) is 17.0. The van der Waals surface area contributed by atoms with E-state index in [0.29, 0.717) is 35.9 Å². The van der Waals surface area contributed by atoms with Crippen molar-refractivity contribution < 1.29 is 39.7 Å². The van der Waals surface area contributed by atoms with Crippen LogP contribution in [0.4, 0.5) is 5.69 Å². The molecule has 2 aromatic heterocycles. The van der Waals surface area contributed by atoms with Gasteiger partial charge in [-0.25, -0.2) is 16.8 Å². The smallest absolute Gasteiger partial charge is 0.263 e. The summed E-state index contributed by atoms with van der Waals surface area (Å²) in [6.45, 7) is 6.13. The molecule has 1 aliphatic rings. The number of rotatable bonds is 10. The first-order valence-electron chi connectivity index (χ1n) is 13.0. The minimum absolute atomic E-state index is 0.0603. The van der Waals surface area contributed by atoms with Crippen LogP contribution in [-0.4, -0.2) is 44.0 Å². The maximum Gasteiger partial charge on any atom is 0.263 e. The van der Waals surface area contributed by atoms with E-state index >= 15 is 0 Å². The summed E-state index contributed by atoms with van der Waals surface area (Å²) in [6, 6.07) is 9.49. The van der Waals surface area contributed by atoms with Gasteiger partial charge in [0.05, 0.1) is 43.3 Å². The lowest BCUT2D eigenvalue weighted by Crippen LogP contribution is -2.36. The predicted octanol–water partition coefficient (Wildman–Crippen LogP) is 4.57. The van der Waals surface area contributed by atoms with Gasteiger partial charge in [0.15, 0.2) is 12.3 Å². The van der Waals surface area contributed by atoms with Crippen LogP contribution in [0.5, 0.6) is 5.75 Å². The molecule has 0 saturated heterocycles. The van der Waals surface area contributed by atoms with Gasteiger partial charge in [-0.3, -0.25) is 0 Å². The fourth-order valence-electron chi connectivity index (χ4n) is 4.83. The summed E-state index contributed by atoms with van der Waals surface area (Å²) < 4.78 is 83.0. The quantitative estimate of drug-likeness (QED) is 0.185. The van der Waals surface area contributed by atoms with Gasteiger partial charge in [0.2, 0.25) is 11.4 Å². The Morgan fingerprint density at radius 3 is 2.49 bits per heavy atom. The molecule has 1 aliphatic heterocycles. The van der Waals surface area contributed by atoms with E-state index in [9.17, 15) is 25.9 Å². The Bertz CT molecular complexity index is 1920. The molecule has 4 aromatic rings. The van der Waals surface area contributed by atoms with E-state index in [4.69, 9.17) is 9.15 Å². The molecule has 5 rings (SSSR count). The van der Waals surface area contributed by atoms with E-state index in [1.807, 2.05) is 67.8 Å². The van der Waals surface area contributed by atoms with Gasteiger partial charge in [0.1, 0.15) is 10.3 Å². The maximum absolute atomic E-state index is 11.5. The first kappa shape index (κ1) is 29.3. The number of fused-ring (bicyclic) bond motifs is 4. The SMILES string of the molecule is CCC(/C=C1\Oc2cc(C)c(C)cc2N1CCS(=O)(=O)[O-])=C\c1sc2ccc3occc3c2[n+]1CCCS(=O)(=O)[O-]. The molecule has 10 nitrogen and oxygen atoms in total. The Hall–Kier alpha value is -3.23. The van der Waals surface area contributed by atoms with Crippen LogP contribution in [0.15, 0.2) is 58.5 Å². The fourth-order valence-corrected chi connectivity index (χ4v) is 6.90. The summed E-state index contributed by atoms with van der Waals surface area (Å²) in [7, 11) is -8.82. The molecule has 0 unspecified atom stereocenters. The third-order valence-corrected chi connectivity index (χ3v) is 9.60. The minimum Gasteiger partial charge on any atom is -0.748 e. The number of thiazole rings is 1. The van der Waals surface area contributed by atoms with Crippen molar-refractivity contribution in [2.24, 2.45) is 0 Å². The molecule has 218 valence electrons. The molecule has 0 amide bonds. The first-order chi connectivity index (χ1) is 19.3. The third-order valence-electron chi connectivity index (χ3n) is 7.03. The fraction of sp³-hybridized carbons (Fsp3) is 0.321. The number of nitrogens with zero attached hydrogens (tertiary/aromatic N) is 2. The summed E-state index contributed by atoms with van der Waals surface area (Å²) in [5.41, 5.74) is 5.15. The highest BCUT2D eigenvalue weighted by atomic mass is 32.2. The molecular formula is C28H29N2O8S3-. The number of ether oxygens (including phenoxy) is 1. The standard InChI is InChI=1S/C28H30N2O8S3/c1-4-20(16-26-29(10-13-41(34,35)36)22-14-18(2)19(3)15-24(22)38-26)17-27-30(9-5-12-40(31,32)33)28-21-8-11-37-23(21)6-7-25(28)39-27/h6-8,11,14-17H,4-5,9-10,12-13H2,1-3H3,(H-,31,32,33,34,35,36)/p-1. The number of benzene rings is 2. The Morgan fingerprint density at radius 1 is 1.05 bits per heavy atom. The molecule has 0 fully saturated rings. The molecule has 0 atom stereocenters. The van der Waals surface area contributed by atoms with Gasteiger partial charge in [-0.15, -0.1) is 0 Å². The van der Waals surface area contributed by atoms with E-state index in [1.54, 1.807) is 11.2 Å². The summed E-state index contributed by atoms with van der Waals surface area (Å²) in [6.07, 6.45) is 6.14. The van der Waals surface area contributed by atoms with E-state index in [0.717, 1.165) is 37.3 Å². The Labute approximate surface area is 242 Å². The van der Waals surface area contributed by atoms with Gasteiger partial charge in [-0.2, -0.15) is 4.57 Å². The molecule has 0 saturated carbocycles. The molecule has 3 heterocycles. The van der Waals surface area contributed by atoms with Gasteiger partial charge < -0.3 is 23.2 Å². The van der Waals surface area contributed by atoms with Crippen molar-refractivity contribution in [1.29, 1.82) is 0 Å². The van der Waals surface area contributed by atoms with Crippen LogP contribution in [0.2, 0.25) is 0 Å². The van der Waals surface area contributed by atoms with Crippen molar-refractivity contribution in [3.63, 3.8) is 0 Å². The van der Waals surface area contributed by atoms with Gasteiger partial charge in [-0.05, 0) is 67.3 Å². The number of aromatic nitrogens is 1. The molecular weight excluding hydrogens is 589 g/mol. The summed E-state index contributed by atoms with van der Waals surface area (Å²) >= 11 is 1.52. The summed E-state index contributed by atoms with van der Waals surface area (Å²) in [4.78, 5) is 1.70. The van der Waals surface area contributed by atoms with E-state index in [-0.39, 0.29) is 13.0 Å². The molecule has 13 heteroatoms. The summed E-state index contributed by atoms with van der Waals surface area (Å²) in [5.74, 6) is -0.0693. The van der Waals surface area contributed by atoms with Crippen LogP contribution < -0.4 is 14.2 Å². The predicted molar refractivity (Wildman–Crippen MR) is 156 cm³/mol. The monoisotopic (exact) mass is 617 g/mol. The number of anilines is 1. The van der Waals surface area contributed by atoms with Crippen LogP contribution in [-0.2, 0) is 26.8 Å².